The van der Waals surface area contributed by atoms with Crippen LogP contribution < -0.4 is 4.90 Å². The zero-order valence-corrected chi connectivity index (χ0v) is 18.2. The molecule has 3 rings (SSSR count). The summed E-state index contributed by atoms with van der Waals surface area (Å²) in [7, 11) is 0. The highest BCUT2D eigenvalue weighted by Crippen LogP contribution is 2.26. The zero-order valence-electron chi connectivity index (χ0n) is 17.4. The first kappa shape index (κ1) is 20.6. The minimum absolute atomic E-state index is 0.149. The lowest BCUT2D eigenvalue weighted by Crippen LogP contribution is -2.27. The van der Waals surface area contributed by atoms with Gasteiger partial charge in [-0.25, -0.2) is 9.97 Å². The van der Waals surface area contributed by atoms with Crippen LogP contribution in [0.25, 0.3) is 0 Å². The van der Waals surface area contributed by atoms with Crippen LogP contribution >= 0.6 is 11.8 Å². The molecule has 150 valence electrons. The second kappa shape index (κ2) is 9.41. The summed E-state index contributed by atoms with van der Waals surface area (Å²) < 4.78 is 0. The average molecular weight is 399 g/mol. The van der Waals surface area contributed by atoms with Crippen LogP contribution in [0.15, 0.2) is 29.4 Å². The third-order valence-corrected chi connectivity index (χ3v) is 6.26. The van der Waals surface area contributed by atoms with Crippen molar-refractivity contribution in [2.45, 2.75) is 51.4 Å². The van der Waals surface area contributed by atoms with Crippen LogP contribution in [0.3, 0.4) is 0 Å². The lowest BCUT2D eigenvalue weighted by atomic mass is 10.1. The molecule has 1 aliphatic rings. The van der Waals surface area contributed by atoms with Gasteiger partial charge in [-0.15, -0.1) is 0 Å². The Kier molecular flexibility index (Phi) is 6.94. The van der Waals surface area contributed by atoms with Gasteiger partial charge in [0.05, 0.1) is 0 Å². The maximum absolute atomic E-state index is 12.6. The largest absolute Gasteiger partial charge is 0.357 e. The van der Waals surface area contributed by atoms with E-state index in [0.717, 1.165) is 78.1 Å². The molecular formula is C22H30N4OS. The maximum Gasteiger partial charge on any atom is 0.253 e. The van der Waals surface area contributed by atoms with Gasteiger partial charge in [-0.3, -0.25) is 4.79 Å². The molecule has 1 aromatic carbocycles. The number of carbonyl (C=O) groups excluding carboxylic acids is 1. The molecule has 0 aliphatic carbocycles. The van der Waals surface area contributed by atoms with Crippen molar-refractivity contribution < 1.29 is 4.79 Å². The topological polar surface area (TPSA) is 49.3 Å². The van der Waals surface area contributed by atoms with Crippen LogP contribution in [0.4, 0.5) is 5.82 Å². The molecule has 2 aromatic rings. The van der Waals surface area contributed by atoms with Crippen molar-refractivity contribution in [1.29, 1.82) is 0 Å². The molecule has 5 nitrogen and oxygen atoms in total. The number of carbonyl (C=O) groups is 1. The second-order valence-electron chi connectivity index (χ2n) is 7.20. The summed E-state index contributed by atoms with van der Waals surface area (Å²) in [6.45, 7) is 12.0. The quantitative estimate of drug-likeness (QED) is 0.509. The fourth-order valence-electron chi connectivity index (χ4n) is 3.53. The van der Waals surface area contributed by atoms with Gasteiger partial charge >= 0.3 is 0 Å². The first-order valence-electron chi connectivity index (χ1n) is 10.1. The summed E-state index contributed by atoms with van der Waals surface area (Å²) in [6.07, 6.45) is 2.22. The van der Waals surface area contributed by atoms with Crippen molar-refractivity contribution in [2.75, 3.05) is 31.1 Å². The Morgan fingerprint density at radius 1 is 1.14 bits per heavy atom. The number of amides is 1. The van der Waals surface area contributed by atoms with Crippen LogP contribution in [0.1, 0.15) is 53.9 Å². The van der Waals surface area contributed by atoms with Gasteiger partial charge < -0.3 is 9.80 Å². The predicted molar refractivity (Wildman–Crippen MR) is 116 cm³/mol. The monoisotopic (exact) mass is 398 g/mol. The molecule has 0 radical (unpaired) electrons. The predicted octanol–water partition coefficient (Wildman–Crippen LogP) is 4.47. The van der Waals surface area contributed by atoms with E-state index in [2.05, 4.69) is 36.7 Å². The Morgan fingerprint density at radius 2 is 1.86 bits per heavy atom. The first-order chi connectivity index (χ1) is 13.5. The van der Waals surface area contributed by atoms with E-state index in [-0.39, 0.29) is 5.91 Å². The van der Waals surface area contributed by atoms with E-state index in [1.54, 1.807) is 11.8 Å². The molecule has 1 aromatic heterocycles. The molecule has 1 aliphatic heterocycles. The van der Waals surface area contributed by atoms with Crippen LogP contribution in [-0.4, -0.2) is 47.0 Å². The van der Waals surface area contributed by atoms with E-state index in [0.29, 0.717) is 0 Å². The Morgan fingerprint density at radius 3 is 2.54 bits per heavy atom. The maximum atomic E-state index is 12.6. The third kappa shape index (κ3) is 4.66. The molecule has 1 fully saturated rings. The molecule has 1 saturated heterocycles. The number of hydrogen-bond donors (Lipinski definition) is 0. The van der Waals surface area contributed by atoms with Crippen LogP contribution in [0.5, 0.6) is 0 Å². The highest BCUT2D eigenvalue weighted by molar-refractivity contribution is 7.98. The van der Waals surface area contributed by atoms with E-state index in [9.17, 15) is 4.79 Å². The lowest BCUT2D eigenvalue weighted by Gasteiger charge is -2.23. The highest BCUT2D eigenvalue weighted by Gasteiger charge is 2.19. The molecule has 0 N–H and O–H groups in total. The van der Waals surface area contributed by atoms with Crippen molar-refractivity contribution in [1.82, 2.24) is 14.9 Å². The van der Waals surface area contributed by atoms with Gasteiger partial charge in [-0.05, 0) is 58.2 Å². The summed E-state index contributed by atoms with van der Waals surface area (Å²) in [5, 5.41) is 0.793. The molecule has 0 saturated carbocycles. The summed E-state index contributed by atoms with van der Waals surface area (Å²) >= 11 is 1.63. The van der Waals surface area contributed by atoms with E-state index >= 15 is 0 Å². The van der Waals surface area contributed by atoms with Gasteiger partial charge in [0.25, 0.3) is 5.91 Å². The van der Waals surface area contributed by atoms with Crippen LogP contribution in [0.2, 0.25) is 0 Å². The number of aryl methyl sites for hydroxylation is 1. The number of anilines is 1. The van der Waals surface area contributed by atoms with Crippen molar-refractivity contribution >= 4 is 23.5 Å². The number of hydrogen-bond acceptors (Lipinski definition) is 5. The first-order valence-corrected chi connectivity index (χ1v) is 11.1. The van der Waals surface area contributed by atoms with Gasteiger partial charge in [-0.1, -0.05) is 23.9 Å². The van der Waals surface area contributed by atoms with Crippen molar-refractivity contribution in [3.63, 3.8) is 0 Å². The zero-order chi connectivity index (χ0) is 20.1. The molecule has 1 amide bonds. The Balaban J connectivity index is 1.73. The SMILES string of the molecule is CCN(CC)c1nc(SCc2cccc(C(=O)N3CCCC3)c2)nc(C)c1C. The smallest absolute Gasteiger partial charge is 0.253 e. The molecule has 28 heavy (non-hydrogen) atoms. The molecule has 6 heteroatoms. The number of benzene rings is 1. The standard InChI is InChI=1S/C22H30N4OS/c1-5-25(6-2)20-16(3)17(4)23-22(24-20)28-15-18-10-9-11-19(14-18)21(27)26-12-7-8-13-26/h9-11,14H,5-8,12-13,15H2,1-4H3. The lowest BCUT2D eigenvalue weighted by molar-refractivity contribution is 0.0792. The average Bonchev–Trinajstić information content (AvgIpc) is 3.25. The molecule has 0 bridgehead atoms. The van der Waals surface area contributed by atoms with Gasteiger partial charge in [-0.2, -0.15) is 0 Å². The molecule has 0 atom stereocenters. The van der Waals surface area contributed by atoms with Crippen LogP contribution in [-0.2, 0) is 5.75 Å². The van der Waals surface area contributed by atoms with Crippen molar-refractivity contribution in [3.05, 3.63) is 46.6 Å². The summed E-state index contributed by atoms with van der Waals surface area (Å²) in [5.74, 6) is 1.93. The van der Waals surface area contributed by atoms with Gasteiger partial charge in [0.1, 0.15) is 5.82 Å². The highest BCUT2D eigenvalue weighted by atomic mass is 32.2. The fraction of sp³-hybridized carbons (Fsp3) is 0.500. The van der Waals surface area contributed by atoms with E-state index in [1.807, 2.05) is 30.0 Å². The second-order valence-corrected chi connectivity index (χ2v) is 8.14. The van der Waals surface area contributed by atoms with Gasteiger partial charge in [0.2, 0.25) is 0 Å². The van der Waals surface area contributed by atoms with E-state index in [4.69, 9.17) is 4.98 Å². The number of thioether (sulfide) groups is 1. The summed E-state index contributed by atoms with van der Waals surface area (Å²) in [6, 6.07) is 7.97. The van der Waals surface area contributed by atoms with Crippen LogP contribution in [0, 0.1) is 13.8 Å². The fourth-order valence-corrected chi connectivity index (χ4v) is 4.36. The van der Waals surface area contributed by atoms with E-state index in [1.165, 1.54) is 0 Å². The van der Waals surface area contributed by atoms with Crippen molar-refractivity contribution in [3.8, 4) is 0 Å². The molecule has 2 heterocycles. The number of aromatic nitrogens is 2. The summed E-state index contributed by atoms with van der Waals surface area (Å²) in [5.41, 5.74) is 4.08. The Bertz CT molecular complexity index is 829. The Hall–Kier alpha value is -2.08. The number of rotatable bonds is 7. The third-order valence-electron chi connectivity index (χ3n) is 5.34. The minimum Gasteiger partial charge on any atom is -0.357 e. The molecule has 0 unspecified atom stereocenters. The molecular weight excluding hydrogens is 368 g/mol. The summed E-state index contributed by atoms with van der Waals surface area (Å²) in [4.78, 5) is 26.3. The Labute approximate surface area is 172 Å². The van der Waals surface area contributed by atoms with Gasteiger partial charge in [0.15, 0.2) is 5.16 Å². The minimum atomic E-state index is 0.149. The van der Waals surface area contributed by atoms with E-state index < -0.39 is 0 Å². The van der Waals surface area contributed by atoms with Gasteiger partial charge in [0, 0.05) is 48.8 Å². The number of likely N-dealkylation sites (tertiary alicyclic amines) is 1. The normalized spacial score (nSPS) is 13.8. The number of nitrogens with zero attached hydrogens (tertiary/aromatic N) is 4. The van der Waals surface area contributed by atoms with Crippen molar-refractivity contribution in [2.24, 2.45) is 0 Å². The molecule has 0 spiro atoms.